The van der Waals surface area contributed by atoms with Gasteiger partial charge in [0.2, 0.25) is 0 Å². The second kappa shape index (κ2) is 11.8. The van der Waals surface area contributed by atoms with Gasteiger partial charge in [-0.05, 0) is 130 Å². The average Bonchev–Trinajstić information content (AvgIpc) is 3.76. The first-order chi connectivity index (χ1) is 28.2. The topological polar surface area (TPSA) is 51.8 Å². The van der Waals surface area contributed by atoms with Crippen LogP contribution in [0.25, 0.3) is 89.1 Å². The molecule has 4 saturated carbocycles. The minimum absolute atomic E-state index is 0.117. The Balaban J connectivity index is 0.968. The van der Waals surface area contributed by atoms with Gasteiger partial charge in [-0.25, -0.2) is 15.0 Å². The van der Waals surface area contributed by atoms with Crippen molar-refractivity contribution in [2.24, 2.45) is 23.7 Å². The van der Waals surface area contributed by atoms with Crippen LogP contribution in [0.1, 0.15) is 43.2 Å². The molecule has 272 valence electrons. The van der Waals surface area contributed by atoms with Crippen LogP contribution in [0, 0.1) is 23.7 Å². The predicted octanol–water partition coefficient (Wildman–Crippen LogP) is 13.3. The van der Waals surface area contributed by atoms with Crippen LogP contribution in [0.5, 0.6) is 0 Å². The van der Waals surface area contributed by atoms with Crippen LogP contribution < -0.4 is 0 Å². The maximum absolute atomic E-state index is 6.80. The summed E-state index contributed by atoms with van der Waals surface area (Å²) in [5.41, 5.74) is 13.1. The normalized spacial score (nSPS) is 22.8. The van der Waals surface area contributed by atoms with Gasteiger partial charge in [0.05, 0.1) is 0 Å². The molecule has 0 amide bonds. The molecule has 0 aliphatic heterocycles. The Morgan fingerprint density at radius 2 is 1.04 bits per heavy atom. The third-order valence-electron chi connectivity index (χ3n) is 14.3. The summed E-state index contributed by atoms with van der Waals surface area (Å²) in [5.74, 6) is 5.23. The third-order valence-corrected chi connectivity index (χ3v) is 14.3. The summed E-state index contributed by atoms with van der Waals surface area (Å²) < 4.78 is 6.80. The number of benzene rings is 7. The van der Waals surface area contributed by atoms with Crippen LogP contribution >= 0.6 is 0 Å². The second-order valence-electron chi connectivity index (χ2n) is 17.2. The van der Waals surface area contributed by atoms with E-state index < -0.39 is 0 Å². The highest BCUT2D eigenvalue weighted by atomic mass is 16.3. The summed E-state index contributed by atoms with van der Waals surface area (Å²) in [4.78, 5) is 15.4. The Labute approximate surface area is 331 Å². The smallest absolute Gasteiger partial charge is 0.164 e. The largest absolute Gasteiger partial charge is 0.456 e. The standard InChI is InChI=1S/C53H39N3O/c1-2-11-34(12-3-1)50-54-51(37-19-18-33-10-4-5-13-35(33)27-37)56-52(55-50)42-16-7-6-14-40(42)36-20-21-48-44(28-36)45-29-43-41-15-8-9-17-46(41)53(47(43)30-49(45)57-48)38-23-31-22-32(25-38)26-39(53)24-31/h1-21,27-32,38-39H,22-26H2. The minimum Gasteiger partial charge on any atom is -0.456 e. The lowest BCUT2D eigenvalue weighted by atomic mass is 9.43. The van der Waals surface area contributed by atoms with Crippen molar-refractivity contribution in [3.8, 4) is 56.4 Å². The fourth-order valence-corrected chi connectivity index (χ4v) is 12.2. The van der Waals surface area contributed by atoms with Crippen LogP contribution in [0.3, 0.4) is 0 Å². The van der Waals surface area contributed by atoms with Crippen molar-refractivity contribution >= 4 is 32.7 Å². The van der Waals surface area contributed by atoms with E-state index in [1.807, 2.05) is 18.2 Å². The van der Waals surface area contributed by atoms with E-state index in [1.54, 1.807) is 5.56 Å². The predicted molar refractivity (Wildman–Crippen MR) is 230 cm³/mol. The van der Waals surface area contributed by atoms with E-state index in [2.05, 4.69) is 133 Å². The van der Waals surface area contributed by atoms with E-state index in [4.69, 9.17) is 19.4 Å². The zero-order valence-corrected chi connectivity index (χ0v) is 31.5. The van der Waals surface area contributed by atoms with Gasteiger partial charge in [-0.1, -0.05) is 121 Å². The molecule has 14 rings (SSSR count). The van der Waals surface area contributed by atoms with Crippen LogP contribution in [-0.2, 0) is 5.41 Å². The Morgan fingerprint density at radius 1 is 0.404 bits per heavy atom. The summed E-state index contributed by atoms with van der Waals surface area (Å²) >= 11 is 0. The molecule has 0 unspecified atom stereocenters. The molecule has 4 heteroatoms. The lowest BCUT2D eigenvalue weighted by Gasteiger charge is -2.61. The summed E-state index contributed by atoms with van der Waals surface area (Å²) in [7, 11) is 0. The quantitative estimate of drug-likeness (QED) is 0.181. The van der Waals surface area contributed by atoms with E-state index in [9.17, 15) is 0 Å². The van der Waals surface area contributed by atoms with Gasteiger partial charge in [0.1, 0.15) is 11.2 Å². The van der Waals surface area contributed by atoms with Crippen molar-refractivity contribution in [1.29, 1.82) is 0 Å². The van der Waals surface area contributed by atoms with E-state index in [1.165, 1.54) is 59.6 Å². The van der Waals surface area contributed by atoms with Crippen LogP contribution in [-0.4, -0.2) is 15.0 Å². The molecule has 5 aliphatic carbocycles. The van der Waals surface area contributed by atoms with E-state index >= 15 is 0 Å². The van der Waals surface area contributed by atoms with Crippen LogP contribution in [0.4, 0.5) is 0 Å². The van der Waals surface area contributed by atoms with Crippen LogP contribution in [0.15, 0.2) is 156 Å². The molecule has 57 heavy (non-hydrogen) atoms. The number of hydrogen-bond acceptors (Lipinski definition) is 4. The van der Waals surface area contributed by atoms with Gasteiger partial charge < -0.3 is 4.42 Å². The molecule has 2 heterocycles. The molecule has 7 aromatic carbocycles. The van der Waals surface area contributed by atoms with Crippen molar-refractivity contribution in [2.45, 2.75) is 37.5 Å². The van der Waals surface area contributed by atoms with Gasteiger partial charge in [-0.15, -0.1) is 0 Å². The molecule has 5 aliphatic rings. The van der Waals surface area contributed by atoms with Gasteiger partial charge in [-0.2, -0.15) is 0 Å². The minimum atomic E-state index is 0.117. The highest BCUT2D eigenvalue weighted by Gasteiger charge is 2.61. The average molecular weight is 734 g/mol. The van der Waals surface area contributed by atoms with Crippen molar-refractivity contribution in [2.75, 3.05) is 0 Å². The fraction of sp³-hybridized carbons (Fsp3) is 0.189. The molecular weight excluding hydrogens is 695 g/mol. The second-order valence-corrected chi connectivity index (χ2v) is 17.2. The van der Waals surface area contributed by atoms with Gasteiger partial charge in [0, 0.05) is 32.9 Å². The molecule has 0 saturated heterocycles. The third kappa shape index (κ3) is 4.58. The van der Waals surface area contributed by atoms with Crippen LogP contribution in [0.2, 0.25) is 0 Å². The van der Waals surface area contributed by atoms with E-state index in [0.717, 1.165) is 73.4 Å². The fourth-order valence-electron chi connectivity index (χ4n) is 12.2. The summed E-state index contributed by atoms with van der Waals surface area (Å²) in [6.45, 7) is 0. The van der Waals surface area contributed by atoms with Gasteiger partial charge in [-0.3, -0.25) is 0 Å². The number of fused-ring (bicyclic) bond motifs is 7. The van der Waals surface area contributed by atoms with Crippen molar-refractivity contribution in [3.63, 3.8) is 0 Å². The monoisotopic (exact) mass is 733 g/mol. The first-order valence-corrected chi connectivity index (χ1v) is 20.7. The molecule has 9 aromatic rings. The Kier molecular flexibility index (Phi) is 6.59. The zero-order valence-electron chi connectivity index (χ0n) is 31.5. The molecule has 0 atom stereocenters. The van der Waals surface area contributed by atoms with Gasteiger partial charge in [0.15, 0.2) is 17.5 Å². The molecule has 2 aromatic heterocycles. The number of nitrogens with zero attached hydrogens (tertiary/aromatic N) is 3. The highest BCUT2D eigenvalue weighted by Crippen LogP contribution is 2.69. The van der Waals surface area contributed by atoms with Gasteiger partial charge >= 0.3 is 0 Å². The molecule has 4 fully saturated rings. The first kappa shape index (κ1) is 31.8. The molecule has 0 radical (unpaired) electrons. The van der Waals surface area contributed by atoms with E-state index in [-0.39, 0.29) is 5.41 Å². The highest BCUT2D eigenvalue weighted by molar-refractivity contribution is 6.09. The Hall–Kier alpha value is -6.39. The molecule has 0 N–H and O–H groups in total. The number of aromatic nitrogens is 3. The summed E-state index contributed by atoms with van der Waals surface area (Å²) in [6, 6.07) is 54.5. The molecule has 1 spiro atoms. The SMILES string of the molecule is c1ccc(-c2nc(-c3ccc4ccccc4c3)nc(-c3ccccc3-c3ccc4oc5cc6c(cc5c4c3)-c3ccccc3C63C4CC5CC(C4)CC3C5)n2)cc1. The maximum Gasteiger partial charge on any atom is 0.164 e. The molecule has 4 nitrogen and oxygen atoms in total. The summed E-state index contributed by atoms with van der Waals surface area (Å²) in [5, 5.41) is 4.67. The first-order valence-electron chi connectivity index (χ1n) is 20.7. The number of hydrogen-bond donors (Lipinski definition) is 0. The van der Waals surface area contributed by atoms with Crippen molar-refractivity contribution in [1.82, 2.24) is 15.0 Å². The van der Waals surface area contributed by atoms with E-state index in [0.29, 0.717) is 17.5 Å². The van der Waals surface area contributed by atoms with Gasteiger partial charge in [0.25, 0.3) is 0 Å². The number of furan rings is 1. The molecular formula is C53H39N3O. The Morgan fingerprint density at radius 3 is 1.84 bits per heavy atom. The maximum atomic E-state index is 6.80. The Bertz CT molecular complexity index is 3080. The van der Waals surface area contributed by atoms with Crippen molar-refractivity contribution in [3.05, 3.63) is 163 Å². The summed E-state index contributed by atoms with van der Waals surface area (Å²) in [6.07, 6.45) is 6.96. The molecule has 4 bridgehead atoms. The lowest BCUT2D eigenvalue weighted by molar-refractivity contribution is -0.0399. The van der Waals surface area contributed by atoms with Crippen molar-refractivity contribution < 1.29 is 4.42 Å². The zero-order chi connectivity index (χ0) is 37.2. The lowest BCUT2D eigenvalue weighted by Crippen LogP contribution is -2.55. The number of rotatable bonds is 4.